The summed E-state index contributed by atoms with van der Waals surface area (Å²) in [6.45, 7) is 5.37. The molecular weight excluding hydrogens is 193 g/mol. The lowest BCUT2D eigenvalue weighted by molar-refractivity contribution is 0.176. The SMILES string of the molecule is CCC(O)CN(CC)c1ccc(F)cc1. The number of hydrogen-bond donors (Lipinski definition) is 1. The largest absolute Gasteiger partial charge is 0.391 e. The van der Waals surface area contributed by atoms with Crippen LogP contribution in [0.3, 0.4) is 0 Å². The van der Waals surface area contributed by atoms with Crippen LogP contribution < -0.4 is 4.90 Å². The van der Waals surface area contributed by atoms with Crippen LogP contribution in [0.5, 0.6) is 0 Å². The minimum atomic E-state index is -0.324. The Morgan fingerprint density at radius 1 is 1.27 bits per heavy atom. The molecule has 1 unspecified atom stereocenters. The molecule has 0 heterocycles. The van der Waals surface area contributed by atoms with Crippen molar-refractivity contribution in [3.05, 3.63) is 30.1 Å². The van der Waals surface area contributed by atoms with Gasteiger partial charge < -0.3 is 10.0 Å². The highest BCUT2D eigenvalue weighted by atomic mass is 19.1. The quantitative estimate of drug-likeness (QED) is 0.808. The van der Waals surface area contributed by atoms with E-state index in [1.54, 1.807) is 12.1 Å². The molecule has 3 heteroatoms. The second kappa shape index (κ2) is 5.71. The molecular formula is C12H18FNO. The van der Waals surface area contributed by atoms with E-state index in [2.05, 4.69) is 0 Å². The number of likely N-dealkylation sites (N-methyl/N-ethyl adjacent to an activating group) is 1. The summed E-state index contributed by atoms with van der Waals surface area (Å²) in [5.74, 6) is -0.231. The molecule has 0 amide bonds. The minimum absolute atomic E-state index is 0.231. The van der Waals surface area contributed by atoms with Crippen LogP contribution >= 0.6 is 0 Å². The number of benzene rings is 1. The predicted octanol–water partition coefficient (Wildman–Crippen LogP) is 2.42. The summed E-state index contributed by atoms with van der Waals surface area (Å²) in [7, 11) is 0. The van der Waals surface area contributed by atoms with Crippen molar-refractivity contribution in [2.75, 3.05) is 18.0 Å². The fraction of sp³-hybridized carbons (Fsp3) is 0.500. The average molecular weight is 211 g/mol. The normalized spacial score (nSPS) is 12.5. The predicted molar refractivity (Wildman–Crippen MR) is 60.6 cm³/mol. The van der Waals surface area contributed by atoms with Gasteiger partial charge in [-0.1, -0.05) is 6.92 Å². The third kappa shape index (κ3) is 3.51. The van der Waals surface area contributed by atoms with E-state index in [1.807, 2.05) is 18.7 Å². The van der Waals surface area contributed by atoms with E-state index in [0.717, 1.165) is 18.7 Å². The van der Waals surface area contributed by atoms with Crippen molar-refractivity contribution in [1.29, 1.82) is 0 Å². The van der Waals surface area contributed by atoms with Crippen molar-refractivity contribution in [3.63, 3.8) is 0 Å². The van der Waals surface area contributed by atoms with Crippen LogP contribution in [0.25, 0.3) is 0 Å². The maximum absolute atomic E-state index is 12.7. The van der Waals surface area contributed by atoms with Gasteiger partial charge >= 0.3 is 0 Å². The number of hydrogen-bond acceptors (Lipinski definition) is 2. The third-order valence-electron chi connectivity index (χ3n) is 2.48. The lowest BCUT2D eigenvalue weighted by Crippen LogP contribution is -2.31. The summed E-state index contributed by atoms with van der Waals surface area (Å²) in [6, 6.07) is 6.36. The van der Waals surface area contributed by atoms with E-state index in [4.69, 9.17) is 0 Å². The van der Waals surface area contributed by atoms with Gasteiger partial charge in [-0.25, -0.2) is 4.39 Å². The van der Waals surface area contributed by atoms with Crippen LogP contribution in [0.2, 0.25) is 0 Å². The Labute approximate surface area is 90.3 Å². The molecule has 0 fully saturated rings. The van der Waals surface area contributed by atoms with Gasteiger partial charge in [0.15, 0.2) is 0 Å². The van der Waals surface area contributed by atoms with Crippen molar-refractivity contribution in [3.8, 4) is 0 Å². The zero-order chi connectivity index (χ0) is 11.3. The van der Waals surface area contributed by atoms with Gasteiger partial charge in [0.25, 0.3) is 0 Å². The molecule has 0 aliphatic rings. The number of rotatable bonds is 5. The molecule has 2 nitrogen and oxygen atoms in total. The zero-order valence-electron chi connectivity index (χ0n) is 9.28. The zero-order valence-corrected chi connectivity index (χ0v) is 9.28. The van der Waals surface area contributed by atoms with Crippen molar-refractivity contribution < 1.29 is 9.50 Å². The molecule has 1 rings (SSSR count). The van der Waals surface area contributed by atoms with E-state index in [0.29, 0.717) is 6.54 Å². The number of anilines is 1. The highest BCUT2D eigenvalue weighted by Gasteiger charge is 2.09. The first kappa shape index (κ1) is 12.0. The molecule has 1 aromatic rings. The van der Waals surface area contributed by atoms with Gasteiger partial charge in [-0.2, -0.15) is 0 Å². The van der Waals surface area contributed by atoms with Crippen LogP contribution in [0, 0.1) is 5.82 Å². The minimum Gasteiger partial charge on any atom is -0.391 e. The van der Waals surface area contributed by atoms with E-state index >= 15 is 0 Å². The molecule has 1 N–H and O–H groups in total. The number of halogens is 1. The van der Waals surface area contributed by atoms with E-state index < -0.39 is 0 Å². The Morgan fingerprint density at radius 2 is 1.87 bits per heavy atom. The Bertz CT molecular complexity index is 286. The summed E-state index contributed by atoms with van der Waals surface area (Å²) in [6.07, 6.45) is 0.410. The van der Waals surface area contributed by atoms with Gasteiger partial charge in [0.05, 0.1) is 6.10 Å². The molecule has 84 valence electrons. The Balaban J connectivity index is 2.69. The van der Waals surface area contributed by atoms with Crippen LogP contribution in [0.4, 0.5) is 10.1 Å². The Hall–Kier alpha value is -1.09. The maximum atomic E-state index is 12.7. The number of aliphatic hydroxyl groups excluding tert-OH is 1. The second-order valence-corrected chi connectivity index (χ2v) is 3.58. The van der Waals surface area contributed by atoms with Crippen LogP contribution in [0.15, 0.2) is 24.3 Å². The molecule has 15 heavy (non-hydrogen) atoms. The van der Waals surface area contributed by atoms with Crippen molar-refractivity contribution >= 4 is 5.69 Å². The summed E-state index contributed by atoms with van der Waals surface area (Å²) in [5.41, 5.74) is 0.950. The van der Waals surface area contributed by atoms with Crippen molar-refractivity contribution in [1.82, 2.24) is 0 Å². The average Bonchev–Trinajstić information content (AvgIpc) is 2.27. The van der Waals surface area contributed by atoms with E-state index in [9.17, 15) is 9.50 Å². The Morgan fingerprint density at radius 3 is 2.33 bits per heavy atom. The summed E-state index contributed by atoms with van der Waals surface area (Å²) >= 11 is 0. The molecule has 0 bridgehead atoms. The fourth-order valence-corrected chi connectivity index (χ4v) is 1.45. The third-order valence-corrected chi connectivity index (χ3v) is 2.48. The molecule has 1 aromatic carbocycles. The monoisotopic (exact) mass is 211 g/mol. The standard InChI is InChI=1S/C12H18FNO/c1-3-12(15)9-14(4-2)11-7-5-10(13)6-8-11/h5-8,12,15H,3-4,9H2,1-2H3. The van der Waals surface area contributed by atoms with Crippen LogP contribution in [-0.4, -0.2) is 24.3 Å². The molecule has 0 aliphatic carbocycles. The fourth-order valence-electron chi connectivity index (χ4n) is 1.45. The second-order valence-electron chi connectivity index (χ2n) is 3.58. The van der Waals surface area contributed by atoms with Gasteiger partial charge in [-0.15, -0.1) is 0 Å². The first-order chi connectivity index (χ1) is 7.17. The summed E-state index contributed by atoms with van der Waals surface area (Å²) in [5, 5.41) is 9.56. The van der Waals surface area contributed by atoms with Gasteiger partial charge in [0, 0.05) is 18.8 Å². The first-order valence-electron chi connectivity index (χ1n) is 5.36. The van der Waals surface area contributed by atoms with Gasteiger partial charge in [-0.3, -0.25) is 0 Å². The van der Waals surface area contributed by atoms with Gasteiger partial charge in [-0.05, 0) is 37.6 Å². The molecule has 0 saturated carbocycles. The maximum Gasteiger partial charge on any atom is 0.123 e. The lowest BCUT2D eigenvalue weighted by Gasteiger charge is -2.25. The molecule has 1 atom stereocenters. The van der Waals surface area contributed by atoms with Crippen molar-refractivity contribution in [2.45, 2.75) is 26.4 Å². The van der Waals surface area contributed by atoms with Crippen molar-refractivity contribution in [2.24, 2.45) is 0 Å². The van der Waals surface area contributed by atoms with Crippen LogP contribution in [-0.2, 0) is 0 Å². The molecule has 0 radical (unpaired) electrons. The van der Waals surface area contributed by atoms with E-state index in [1.165, 1.54) is 12.1 Å². The number of aliphatic hydroxyl groups is 1. The highest BCUT2D eigenvalue weighted by molar-refractivity contribution is 5.46. The van der Waals surface area contributed by atoms with Gasteiger partial charge in [0.2, 0.25) is 0 Å². The topological polar surface area (TPSA) is 23.5 Å². The number of nitrogens with zero attached hydrogens (tertiary/aromatic N) is 1. The Kier molecular flexibility index (Phi) is 4.56. The van der Waals surface area contributed by atoms with Crippen LogP contribution in [0.1, 0.15) is 20.3 Å². The first-order valence-corrected chi connectivity index (χ1v) is 5.36. The summed E-state index contributed by atoms with van der Waals surface area (Å²) in [4.78, 5) is 2.04. The lowest BCUT2D eigenvalue weighted by atomic mass is 10.2. The molecule has 0 saturated heterocycles. The van der Waals surface area contributed by atoms with Gasteiger partial charge in [0.1, 0.15) is 5.82 Å². The molecule has 0 aromatic heterocycles. The highest BCUT2D eigenvalue weighted by Crippen LogP contribution is 2.15. The molecule has 0 aliphatic heterocycles. The van der Waals surface area contributed by atoms with E-state index in [-0.39, 0.29) is 11.9 Å². The smallest absolute Gasteiger partial charge is 0.123 e. The molecule has 0 spiro atoms. The summed E-state index contributed by atoms with van der Waals surface area (Å²) < 4.78 is 12.7.